The molecular formula is C16H23NO2. The van der Waals surface area contributed by atoms with Gasteiger partial charge in [-0.25, -0.2) is 0 Å². The highest BCUT2D eigenvalue weighted by Gasteiger charge is 2.49. The highest BCUT2D eigenvalue weighted by molar-refractivity contribution is 5.78. The van der Waals surface area contributed by atoms with Crippen LogP contribution in [0, 0.1) is 5.41 Å². The summed E-state index contributed by atoms with van der Waals surface area (Å²) in [5, 5.41) is 12.3. The van der Waals surface area contributed by atoms with Gasteiger partial charge in [0.05, 0.1) is 5.41 Å². The largest absolute Gasteiger partial charge is 0.481 e. The molecule has 1 aliphatic rings. The van der Waals surface area contributed by atoms with Gasteiger partial charge in [-0.1, -0.05) is 37.6 Å². The maximum Gasteiger partial charge on any atom is 0.310 e. The molecule has 0 saturated heterocycles. The van der Waals surface area contributed by atoms with E-state index in [-0.39, 0.29) is 0 Å². The molecule has 0 atom stereocenters. The molecule has 1 fully saturated rings. The van der Waals surface area contributed by atoms with E-state index >= 15 is 0 Å². The van der Waals surface area contributed by atoms with Crippen molar-refractivity contribution in [2.75, 3.05) is 13.1 Å². The smallest absolute Gasteiger partial charge is 0.310 e. The molecule has 1 saturated carbocycles. The number of hydrogen-bond acceptors (Lipinski definition) is 2. The second-order valence-electron chi connectivity index (χ2n) is 5.58. The summed E-state index contributed by atoms with van der Waals surface area (Å²) >= 11 is 0. The average Bonchev–Trinajstić information content (AvgIpc) is 3.18. The van der Waals surface area contributed by atoms with E-state index in [1.807, 2.05) is 0 Å². The molecule has 1 aliphatic carbocycles. The van der Waals surface area contributed by atoms with Gasteiger partial charge in [0.15, 0.2) is 0 Å². The number of carbonyl (C=O) groups is 1. The zero-order valence-electron chi connectivity index (χ0n) is 11.6. The van der Waals surface area contributed by atoms with Gasteiger partial charge in [-0.3, -0.25) is 4.79 Å². The third-order valence-electron chi connectivity index (χ3n) is 3.92. The summed E-state index contributed by atoms with van der Waals surface area (Å²) in [5.41, 5.74) is 2.25. The Hall–Kier alpha value is -1.35. The van der Waals surface area contributed by atoms with Gasteiger partial charge >= 0.3 is 5.97 Å². The van der Waals surface area contributed by atoms with Crippen molar-refractivity contribution in [3.63, 3.8) is 0 Å². The minimum Gasteiger partial charge on any atom is -0.481 e. The Morgan fingerprint density at radius 3 is 2.26 bits per heavy atom. The fraction of sp³-hybridized carbons (Fsp3) is 0.562. The lowest BCUT2D eigenvalue weighted by atomic mass is 10.1. The van der Waals surface area contributed by atoms with Gasteiger partial charge < -0.3 is 10.4 Å². The Morgan fingerprint density at radius 1 is 1.21 bits per heavy atom. The van der Waals surface area contributed by atoms with Crippen LogP contribution in [0.15, 0.2) is 24.3 Å². The molecule has 0 unspecified atom stereocenters. The predicted octanol–water partition coefficient (Wildman–Crippen LogP) is 2.64. The van der Waals surface area contributed by atoms with Gasteiger partial charge in [-0.05, 0) is 43.4 Å². The van der Waals surface area contributed by atoms with Crippen LogP contribution in [0.5, 0.6) is 0 Å². The lowest BCUT2D eigenvalue weighted by Gasteiger charge is -2.11. The molecule has 2 rings (SSSR count). The SMILES string of the molecule is CCCc1ccc(CCNCC2(C(=O)O)CC2)cc1. The standard InChI is InChI=1S/C16H23NO2/c1-2-3-13-4-6-14(7-5-13)8-11-17-12-16(9-10-16)15(18)19/h4-7,17H,2-3,8-12H2,1H3,(H,18,19). The number of nitrogens with one attached hydrogen (secondary N) is 1. The Labute approximate surface area is 115 Å². The van der Waals surface area contributed by atoms with E-state index in [0.29, 0.717) is 6.54 Å². The monoisotopic (exact) mass is 261 g/mol. The topological polar surface area (TPSA) is 49.3 Å². The van der Waals surface area contributed by atoms with Crippen LogP contribution >= 0.6 is 0 Å². The zero-order valence-corrected chi connectivity index (χ0v) is 11.6. The fourth-order valence-corrected chi connectivity index (χ4v) is 2.34. The fourth-order valence-electron chi connectivity index (χ4n) is 2.34. The Balaban J connectivity index is 1.69. The normalized spacial score (nSPS) is 16.3. The van der Waals surface area contributed by atoms with Gasteiger partial charge in [0, 0.05) is 6.54 Å². The molecule has 19 heavy (non-hydrogen) atoms. The second-order valence-corrected chi connectivity index (χ2v) is 5.58. The number of aryl methyl sites for hydroxylation is 1. The van der Waals surface area contributed by atoms with Gasteiger partial charge in [0.2, 0.25) is 0 Å². The first-order valence-corrected chi connectivity index (χ1v) is 7.18. The molecule has 0 amide bonds. The van der Waals surface area contributed by atoms with Crippen LogP contribution in [0.25, 0.3) is 0 Å². The highest BCUT2D eigenvalue weighted by atomic mass is 16.4. The third-order valence-corrected chi connectivity index (χ3v) is 3.92. The van der Waals surface area contributed by atoms with E-state index in [0.717, 1.165) is 32.2 Å². The van der Waals surface area contributed by atoms with Crippen LogP contribution in [0.1, 0.15) is 37.3 Å². The predicted molar refractivity (Wildman–Crippen MR) is 76.3 cm³/mol. The Bertz CT molecular complexity index is 421. The molecule has 1 aromatic carbocycles. The van der Waals surface area contributed by atoms with Crippen molar-refractivity contribution < 1.29 is 9.90 Å². The van der Waals surface area contributed by atoms with Gasteiger partial charge in [-0.2, -0.15) is 0 Å². The molecule has 0 aliphatic heterocycles. The van der Waals surface area contributed by atoms with E-state index in [2.05, 4.69) is 36.5 Å². The summed E-state index contributed by atoms with van der Waals surface area (Å²) in [7, 11) is 0. The maximum atomic E-state index is 11.0. The molecule has 0 bridgehead atoms. The van der Waals surface area contributed by atoms with Gasteiger partial charge in [0.25, 0.3) is 0 Å². The molecular weight excluding hydrogens is 238 g/mol. The van der Waals surface area contributed by atoms with Gasteiger partial charge in [-0.15, -0.1) is 0 Å². The van der Waals surface area contributed by atoms with Crippen molar-refractivity contribution in [3.8, 4) is 0 Å². The number of carboxylic acids is 1. The van der Waals surface area contributed by atoms with Crippen LogP contribution < -0.4 is 5.32 Å². The lowest BCUT2D eigenvalue weighted by molar-refractivity contribution is -0.143. The van der Waals surface area contributed by atoms with E-state index in [1.165, 1.54) is 17.5 Å². The summed E-state index contributed by atoms with van der Waals surface area (Å²) in [6, 6.07) is 8.74. The van der Waals surface area contributed by atoms with Crippen molar-refractivity contribution in [1.82, 2.24) is 5.32 Å². The molecule has 0 radical (unpaired) electrons. The van der Waals surface area contributed by atoms with Crippen molar-refractivity contribution in [3.05, 3.63) is 35.4 Å². The summed E-state index contributed by atoms with van der Waals surface area (Å²) in [5.74, 6) is -0.649. The highest BCUT2D eigenvalue weighted by Crippen LogP contribution is 2.45. The van der Waals surface area contributed by atoms with E-state index in [1.54, 1.807) is 0 Å². The Kier molecular flexibility index (Phi) is 4.59. The molecule has 1 aromatic rings. The van der Waals surface area contributed by atoms with Crippen molar-refractivity contribution >= 4 is 5.97 Å². The zero-order chi connectivity index (χ0) is 13.7. The molecule has 3 nitrogen and oxygen atoms in total. The first-order chi connectivity index (χ1) is 9.16. The minimum atomic E-state index is -0.649. The van der Waals surface area contributed by atoms with Crippen LogP contribution in [-0.4, -0.2) is 24.2 Å². The van der Waals surface area contributed by atoms with E-state index < -0.39 is 11.4 Å². The summed E-state index contributed by atoms with van der Waals surface area (Å²) in [6.07, 6.45) is 4.92. The van der Waals surface area contributed by atoms with E-state index in [4.69, 9.17) is 5.11 Å². The summed E-state index contributed by atoms with van der Waals surface area (Å²) in [6.45, 7) is 3.65. The molecule has 0 aromatic heterocycles. The molecule has 104 valence electrons. The Morgan fingerprint density at radius 2 is 1.79 bits per heavy atom. The number of aliphatic carboxylic acids is 1. The molecule has 0 heterocycles. The summed E-state index contributed by atoms with van der Waals surface area (Å²) in [4.78, 5) is 11.0. The summed E-state index contributed by atoms with van der Waals surface area (Å²) < 4.78 is 0. The van der Waals surface area contributed by atoms with Crippen molar-refractivity contribution in [2.45, 2.75) is 39.0 Å². The number of carboxylic acid groups (broad SMARTS) is 1. The third kappa shape index (κ3) is 3.80. The van der Waals surface area contributed by atoms with E-state index in [9.17, 15) is 4.79 Å². The second kappa shape index (κ2) is 6.20. The first kappa shape index (κ1) is 14.1. The first-order valence-electron chi connectivity index (χ1n) is 7.18. The van der Waals surface area contributed by atoms with Crippen LogP contribution in [0.3, 0.4) is 0 Å². The molecule has 2 N–H and O–H groups in total. The number of rotatable bonds is 8. The lowest BCUT2D eigenvalue weighted by Crippen LogP contribution is -2.31. The molecule has 0 spiro atoms. The number of benzene rings is 1. The minimum absolute atomic E-state index is 0.453. The van der Waals surface area contributed by atoms with Crippen LogP contribution in [-0.2, 0) is 17.6 Å². The molecule has 3 heteroatoms. The van der Waals surface area contributed by atoms with Gasteiger partial charge in [0.1, 0.15) is 0 Å². The van der Waals surface area contributed by atoms with Crippen LogP contribution in [0.4, 0.5) is 0 Å². The van der Waals surface area contributed by atoms with Crippen molar-refractivity contribution in [1.29, 1.82) is 0 Å². The average molecular weight is 261 g/mol. The van der Waals surface area contributed by atoms with Crippen LogP contribution in [0.2, 0.25) is 0 Å². The number of hydrogen-bond donors (Lipinski definition) is 2. The van der Waals surface area contributed by atoms with Crippen molar-refractivity contribution in [2.24, 2.45) is 5.41 Å². The maximum absolute atomic E-state index is 11.0. The quantitative estimate of drug-likeness (QED) is 0.707.